The van der Waals surface area contributed by atoms with E-state index in [0.29, 0.717) is 0 Å². The van der Waals surface area contributed by atoms with E-state index in [1.54, 1.807) is 18.2 Å². The molecule has 0 radical (unpaired) electrons. The number of amides is 1. The molecular weight excluding hydrogens is 264 g/mol. The number of hydrogen-bond donors (Lipinski definition) is 2. The molecule has 3 rings (SSSR count). The van der Waals surface area contributed by atoms with Crippen LogP contribution in [0, 0.1) is 0 Å². The number of benzene rings is 2. The maximum Gasteiger partial charge on any atom is 0.231 e. The van der Waals surface area contributed by atoms with Crippen LogP contribution in [0.4, 0.5) is 11.4 Å². The Balaban J connectivity index is 1.85. The Hall–Kier alpha value is -2.49. The van der Waals surface area contributed by atoms with Gasteiger partial charge in [0.1, 0.15) is 5.75 Å². The lowest BCUT2D eigenvalue weighted by Crippen LogP contribution is -2.36. The van der Waals surface area contributed by atoms with Gasteiger partial charge in [-0.2, -0.15) is 0 Å². The number of phenolic OH excluding ortho intramolecular Hbond substituents is 1. The molecule has 0 spiro atoms. The van der Waals surface area contributed by atoms with E-state index in [9.17, 15) is 9.90 Å². The fourth-order valence-electron chi connectivity index (χ4n) is 2.96. The van der Waals surface area contributed by atoms with Crippen LogP contribution in [-0.4, -0.2) is 17.1 Å². The molecule has 3 N–H and O–H groups in total. The fraction of sp³-hybridized carbons (Fsp3) is 0.235. The Labute approximate surface area is 123 Å². The van der Waals surface area contributed by atoms with E-state index in [4.69, 9.17) is 5.73 Å². The molecule has 0 aliphatic carbocycles. The van der Waals surface area contributed by atoms with Crippen molar-refractivity contribution < 1.29 is 9.90 Å². The van der Waals surface area contributed by atoms with Crippen LogP contribution in [0.25, 0.3) is 0 Å². The van der Waals surface area contributed by atoms with Gasteiger partial charge in [0, 0.05) is 17.4 Å². The third kappa shape index (κ3) is 2.57. The number of nitrogens with two attached hydrogens (primary N) is 1. The van der Waals surface area contributed by atoms with E-state index in [0.717, 1.165) is 28.9 Å². The van der Waals surface area contributed by atoms with Crippen LogP contribution in [-0.2, 0) is 17.6 Å². The molecule has 0 saturated heterocycles. The van der Waals surface area contributed by atoms with Crippen LogP contribution < -0.4 is 10.6 Å². The van der Waals surface area contributed by atoms with E-state index >= 15 is 0 Å². The van der Waals surface area contributed by atoms with Crippen molar-refractivity contribution in [2.75, 3.05) is 10.6 Å². The van der Waals surface area contributed by atoms with Gasteiger partial charge in [0.25, 0.3) is 0 Å². The first-order valence-electron chi connectivity index (χ1n) is 7.03. The van der Waals surface area contributed by atoms with Gasteiger partial charge in [-0.05, 0) is 54.8 Å². The molecule has 1 amide bonds. The Morgan fingerprint density at radius 1 is 1.33 bits per heavy atom. The summed E-state index contributed by atoms with van der Waals surface area (Å²) in [4.78, 5) is 14.4. The van der Waals surface area contributed by atoms with Gasteiger partial charge in [-0.3, -0.25) is 4.79 Å². The quantitative estimate of drug-likeness (QED) is 0.832. The molecule has 0 fully saturated rings. The maximum atomic E-state index is 12.6. The van der Waals surface area contributed by atoms with Crippen molar-refractivity contribution in [1.82, 2.24) is 0 Å². The third-order valence-electron chi connectivity index (χ3n) is 3.85. The van der Waals surface area contributed by atoms with E-state index in [-0.39, 0.29) is 24.1 Å². The van der Waals surface area contributed by atoms with Crippen LogP contribution in [0.1, 0.15) is 18.1 Å². The van der Waals surface area contributed by atoms with Crippen LogP contribution in [0.15, 0.2) is 42.5 Å². The molecule has 1 aliphatic heterocycles. The molecule has 1 unspecified atom stereocenters. The van der Waals surface area contributed by atoms with Gasteiger partial charge in [0.2, 0.25) is 5.91 Å². The second kappa shape index (κ2) is 5.13. The topological polar surface area (TPSA) is 66.6 Å². The molecular formula is C17H18N2O2. The summed E-state index contributed by atoms with van der Waals surface area (Å²) < 4.78 is 0. The lowest BCUT2D eigenvalue weighted by Gasteiger charge is -2.23. The summed E-state index contributed by atoms with van der Waals surface area (Å²) in [5.41, 5.74) is 9.41. The smallest absolute Gasteiger partial charge is 0.231 e. The maximum absolute atomic E-state index is 12.6. The zero-order chi connectivity index (χ0) is 15.0. The average molecular weight is 282 g/mol. The van der Waals surface area contributed by atoms with Gasteiger partial charge < -0.3 is 15.7 Å². The molecule has 0 aromatic heterocycles. The lowest BCUT2D eigenvalue weighted by atomic mass is 10.1. The highest BCUT2D eigenvalue weighted by atomic mass is 16.3. The zero-order valence-electron chi connectivity index (χ0n) is 11.9. The first kappa shape index (κ1) is 13.5. The molecule has 1 heterocycles. The SMILES string of the molecule is CC1Cc2cc(N)ccc2N1C(=O)Cc1cccc(O)c1. The van der Waals surface area contributed by atoms with Gasteiger partial charge in [-0.1, -0.05) is 12.1 Å². The lowest BCUT2D eigenvalue weighted by molar-refractivity contribution is -0.118. The zero-order valence-corrected chi connectivity index (χ0v) is 11.9. The third-order valence-corrected chi connectivity index (χ3v) is 3.85. The van der Waals surface area contributed by atoms with Crippen molar-refractivity contribution in [3.8, 4) is 5.75 Å². The van der Waals surface area contributed by atoms with Crippen molar-refractivity contribution in [3.05, 3.63) is 53.6 Å². The monoisotopic (exact) mass is 282 g/mol. The van der Waals surface area contributed by atoms with Gasteiger partial charge in [-0.15, -0.1) is 0 Å². The molecule has 108 valence electrons. The number of aromatic hydroxyl groups is 1. The van der Waals surface area contributed by atoms with Crippen LogP contribution in [0.2, 0.25) is 0 Å². The number of nitrogen functional groups attached to an aromatic ring is 1. The van der Waals surface area contributed by atoms with Crippen molar-refractivity contribution in [2.45, 2.75) is 25.8 Å². The van der Waals surface area contributed by atoms with Gasteiger partial charge >= 0.3 is 0 Å². The summed E-state index contributed by atoms with van der Waals surface area (Å²) in [5, 5.41) is 9.49. The van der Waals surface area contributed by atoms with E-state index in [1.807, 2.05) is 36.1 Å². The number of rotatable bonds is 2. The summed E-state index contributed by atoms with van der Waals surface area (Å²) in [7, 11) is 0. The van der Waals surface area contributed by atoms with Crippen LogP contribution in [0.3, 0.4) is 0 Å². The summed E-state index contributed by atoms with van der Waals surface area (Å²) >= 11 is 0. The number of hydrogen-bond acceptors (Lipinski definition) is 3. The fourth-order valence-corrected chi connectivity index (χ4v) is 2.96. The Morgan fingerprint density at radius 2 is 2.14 bits per heavy atom. The summed E-state index contributed by atoms with van der Waals surface area (Å²) in [6.07, 6.45) is 1.11. The van der Waals surface area contributed by atoms with E-state index < -0.39 is 0 Å². The molecule has 1 atom stereocenters. The number of fused-ring (bicyclic) bond motifs is 1. The largest absolute Gasteiger partial charge is 0.508 e. The van der Waals surface area contributed by atoms with Crippen molar-refractivity contribution in [1.29, 1.82) is 0 Å². The normalized spacial score (nSPS) is 16.8. The van der Waals surface area contributed by atoms with E-state index in [2.05, 4.69) is 0 Å². The molecule has 4 heteroatoms. The molecule has 2 aromatic rings. The van der Waals surface area contributed by atoms with Gasteiger partial charge in [-0.25, -0.2) is 0 Å². The molecule has 1 aliphatic rings. The number of nitrogens with zero attached hydrogens (tertiary/aromatic N) is 1. The summed E-state index contributed by atoms with van der Waals surface area (Å²) in [6.45, 7) is 2.04. The van der Waals surface area contributed by atoms with Crippen LogP contribution >= 0.6 is 0 Å². The van der Waals surface area contributed by atoms with Crippen molar-refractivity contribution in [2.24, 2.45) is 0 Å². The Kier molecular flexibility index (Phi) is 3.29. The summed E-state index contributed by atoms with van der Waals surface area (Å²) in [6, 6.07) is 12.6. The standard InChI is InChI=1S/C17H18N2O2/c1-11-7-13-10-14(18)5-6-16(13)19(11)17(21)9-12-3-2-4-15(20)8-12/h2-6,8,10-11,20H,7,9,18H2,1H3. The van der Waals surface area contributed by atoms with Crippen molar-refractivity contribution in [3.63, 3.8) is 0 Å². The number of phenols is 1. The number of carbonyl (C=O) groups excluding carboxylic acids is 1. The second-order valence-electron chi connectivity index (χ2n) is 5.55. The molecule has 2 aromatic carbocycles. The number of carbonyl (C=O) groups is 1. The molecule has 0 saturated carbocycles. The Bertz CT molecular complexity index is 697. The highest BCUT2D eigenvalue weighted by molar-refractivity contribution is 5.97. The highest BCUT2D eigenvalue weighted by Gasteiger charge is 2.30. The van der Waals surface area contributed by atoms with Crippen LogP contribution in [0.5, 0.6) is 5.75 Å². The second-order valence-corrected chi connectivity index (χ2v) is 5.55. The molecule has 21 heavy (non-hydrogen) atoms. The van der Waals surface area contributed by atoms with E-state index in [1.165, 1.54) is 0 Å². The van der Waals surface area contributed by atoms with Gasteiger partial charge in [0.05, 0.1) is 6.42 Å². The minimum absolute atomic E-state index is 0.0385. The van der Waals surface area contributed by atoms with Crippen molar-refractivity contribution >= 4 is 17.3 Å². The average Bonchev–Trinajstić information content (AvgIpc) is 2.73. The first-order valence-corrected chi connectivity index (χ1v) is 7.03. The minimum atomic E-state index is 0.0385. The molecule has 0 bridgehead atoms. The first-order chi connectivity index (χ1) is 10.0. The predicted octanol–water partition coefficient (Wildman–Crippen LogP) is 2.49. The molecule has 4 nitrogen and oxygen atoms in total. The Morgan fingerprint density at radius 3 is 2.90 bits per heavy atom. The van der Waals surface area contributed by atoms with Gasteiger partial charge in [0.15, 0.2) is 0 Å². The minimum Gasteiger partial charge on any atom is -0.508 e. The summed E-state index contributed by atoms with van der Waals surface area (Å²) in [5.74, 6) is 0.222. The highest BCUT2D eigenvalue weighted by Crippen LogP contribution is 2.34. The number of anilines is 2. The predicted molar refractivity (Wildman–Crippen MR) is 83.3 cm³/mol.